The van der Waals surface area contributed by atoms with Gasteiger partial charge in [0.25, 0.3) is 0 Å². The molecule has 1 N–H and O–H groups in total. The van der Waals surface area contributed by atoms with E-state index in [0.717, 1.165) is 48.3 Å². The van der Waals surface area contributed by atoms with Gasteiger partial charge in [-0.2, -0.15) is 4.98 Å². The number of aryl methyl sites for hydroxylation is 2. The Kier molecular flexibility index (Phi) is 5.71. The van der Waals surface area contributed by atoms with Gasteiger partial charge in [-0.15, -0.1) is 0 Å². The van der Waals surface area contributed by atoms with E-state index in [0.29, 0.717) is 18.3 Å². The molecule has 1 fully saturated rings. The first kappa shape index (κ1) is 19.3. The first-order valence-electron chi connectivity index (χ1n) is 10.1. The maximum absolute atomic E-state index is 12.4. The highest BCUT2D eigenvalue weighted by Crippen LogP contribution is 2.29. The van der Waals surface area contributed by atoms with Gasteiger partial charge in [0.1, 0.15) is 0 Å². The number of benzene rings is 2. The van der Waals surface area contributed by atoms with Crippen molar-refractivity contribution in [2.45, 2.75) is 32.6 Å². The number of nitrogens with zero attached hydrogens (tertiary/aromatic N) is 3. The summed E-state index contributed by atoms with van der Waals surface area (Å²) in [5, 5.41) is 7.19. The van der Waals surface area contributed by atoms with Gasteiger partial charge in [-0.05, 0) is 57.0 Å². The minimum absolute atomic E-state index is 0.0254. The number of rotatable bonds is 5. The van der Waals surface area contributed by atoms with Crippen LogP contribution in [-0.2, 0) is 4.79 Å². The van der Waals surface area contributed by atoms with Crippen molar-refractivity contribution in [3.05, 3.63) is 65.5 Å². The molecule has 150 valence electrons. The van der Waals surface area contributed by atoms with E-state index in [-0.39, 0.29) is 11.8 Å². The molecule has 2 heterocycles. The van der Waals surface area contributed by atoms with Crippen molar-refractivity contribution in [3.8, 4) is 11.4 Å². The van der Waals surface area contributed by atoms with Crippen LogP contribution in [0.15, 0.2) is 53.1 Å². The highest BCUT2D eigenvalue weighted by molar-refractivity contribution is 5.92. The van der Waals surface area contributed by atoms with Crippen molar-refractivity contribution in [2.24, 2.45) is 0 Å². The molecule has 6 nitrogen and oxygen atoms in total. The molecule has 0 aliphatic carbocycles. The number of nitrogens with one attached hydrogen (secondary N) is 1. The van der Waals surface area contributed by atoms with E-state index in [1.54, 1.807) is 0 Å². The third-order valence-electron chi connectivity index (χ3n) is 5.55. The van der Waals surface area contributed by atoms with E-state index in [1.807, 2.05) is 62.4 Å². The van der Waals surface area contributed by atoms with Crippen molar-refractivity contribution >= 4 is 11.6 Å². The number of anilines is 1. The maximum Gasteiger partial charge on any atom is 0.238 e. The van der Waals surface area contributed by atoms with Crippen molar-refractivity contribution < 1.29 is 9.32 Å². The molecule has 1 amide bonds. The Morgan fingerprint density at radius 3 is 2.48 bits per heavy atom. The fraction of sp³-hybridized carbons (Fsp3) is 0.348. The molecule has 0 unspecified atom stereocenters. The standard InChI is InChI=1S/C23H26N4O2/c1-16-7-3-5-9-19(16)22-25-23(29-26-22)18-11-13-27(14-12-18)15-21(28)24-20-10-6-4-8-17(20)2/h3-10,18H,11-15H2,1-2H3,(H,24,28). The molecule has 0 radical (unpaired) electrons. The highest BCUT2D eigenvalue weighted by atomic mass is 16.5. The molecule has 1 aliphatic rings. The number of para-hydroxylation sites is 1. The maximum atomic E-state index is 12.4. The predicted molar refractivity (Wildman–Crippen MR) is 113 cm³/mol. The summed E-state index contributed by atoms with van der Waals surface area (Å²) < 4.78 is 5.56. The molecule has 0 saturated carbocycles. The fourth-order valence-electron chi connectivity index (χ4n) is 3.78. The number of piperidine rings is 1. The van der Waals surface area contributed by atoms with Crippen LogP contribution < -0.4 is 5.32 Å². The Bertz CT molecular complexity index is 990. The van der Waals surface area contributed by atoms with Gasteiger partial charge in [-0.3, -0.25) is 9.69 Å². The molecule has 0 bridgehead atoms. The molecule has 1 aromatic heterocycles. The number of aromatic nitrogens is 2. The molecule has 29 heavy (non-hydrogen) atoms. The lowest BCUT2D eigenvalue weighted by Crippen LogP contribution is -2.38. The molecule has 1 saturated heterocycles. The lowest BCUT2D eigenvalue weighted by Gasteiger charge is -2.29. The molecule has 6 heteroatoms. The van der Waals surface area contributed by atoms with Crippen molar-refractivity contribution in [1.82, 2.24) is 15.0 Å². The quantitative estimate of drug-likeness (QED) is 0.708. The zero-order valence-electron chi connectivity index (χ0n) is 16.9. The minimum Gasteiger partial charge on any atom is -0.339 e. The van der Waals surface area contributed by atoms with Gasteiger partial charge < -0.3 is 9.84 Å². The van der Waals surface area contributed by atoms with Gasteiger partial charge in [0.15, 0.2) is 0 Å². The Labute approximate surface area is 170 Å². The summed E-state index contributed by atoms with van der Waals surface area (Å²) in [6.07, 6.45) is 1.82. The van der Waals surface area contributed by atoms with Gasteiger partial charge >= 0.3 is 0 Å². The van der Waals surface area contributed by atoms with Crippen LogP contribution in [0.5, 0.6) is 0 Å². The Hall–Kier alpha value is -2.99. The summed E-state index contributed by atoms with van der Waals surface area (Å²) in [6, 6.07) is 15.9. The Morgan fingerprint density at radius 1 is 1.07 bits per heavy atom. The van der Waals surface area contributed by atoms with Crippen LogP contribution in [0.2, 0.25) is 0 Å². The third-order valence-corrected chi connectivity index (χ3v) is 5.55. The van der Waals surface area contributed by atoms with E-state index >= 15 is 0 Å². The summed E-state index contributed by atoms with van der Waals surface area (Å²) in [5.74, 6) is 1.62. The second-order valence-electron chi connectivity index (χ2n) is 7.68. The van der Waals surface area contributed by atoms with E-state index in [1.165, 1.54) is 0 Å². The molecular weight excluding hydrogens is 364 g/mol. The van der Waals surface area contributed by atoms with Crippen LogP contribution in [0.25, 0.3) is 11.4 Å². The van der Waals surface area contributed by atoms with E-state index in [9.17, 15) is 4.79 Å². The zero-order valence-corrected chi connectivity index (χ0v) is 16.9. The van der Waals surface area contributed by atoms with Crippen LogP contribution >= 0.6 is 0 Å². The number of hydrogen-bond donors (Lipinski definition) is 1. The van der Waals surface area contributed by atoms with Gasteiger partial charge in [0.2, 0.25) is 17.6 Å². The average molecular weight is 390 g/mol. The number of hydrogen-bond acceptors (Lipinski definition) is 5. The first-order chi connectivity index (χ1) is 14.1. The lowest BCUT2D eigenvalue weighted by molar-refractivity contribution is -0.117. The topological polar surface area (TPSA) is 71.3 Å². The third kappa shape index (κ3) is 4.54. The van der Waals surface area contributed by atoms with Gasteiger partial charge in [0.05, 0.1) is 6.54 Å². The molecule has 0 spiro atoms. The van der Waals surface area contributed by atoms with Crippen LogP contribution in [-0.4, -0.2) is 40.6 Å². The van der Waals surface area contributed by atoms with Gasteiger partial charge in [0, 0.05) is 17.2 Å². The van der Waals surface area contributed by atoms with E-state index < -0.39 is 0 Å². The van der Waals surface area contributed by atoms with E-state index in [4.69, 9.17) is 4.52 Å². The number of amides is 1. The van der Waals surface area contributed by atoms with Crippen LogP contribution in [0, 0.1) is 13.8 Å². The van der Waals surface area contributed by atoms with Gasteiger partial charge in [-0.1, -0.05) is 47.6 Å². The molecule has 3 aromatic rings. The molecule has 2 aromatic carbocycles. The SMILES string of the molecule is Cc1ccccc1NC(=O)CN1CCC(c2nc(-c3ccccc3C)no2)CC1. The Balaban J connectivity index is 1.31. The largest absolute Gasteiger partial charge is 0.339 e. The van der Waals surface area contributed by atoms with Crippen LogP contribution in [0.1, 0.15) is 35.8 Å². The summed E-state index contributed by atoms with van der Waals surface area (Å²) in [5.41, 5.74) is 4.09. The highest BCUT2D eigenvalue weighted by Gasteiger charge is 2.26. The van der Waals surface area contributed by atoms with Crippen molar-refractivity contribution in [3.63, 3.8) is 0 Å². The molecule has 4 rings (SSSR count). The molecule has 0 atom stereocenters. The number of carbonyl (C=O) groups is 1. The normalized spacial score (nSPS) is 15.4. The van der Waals surface area contributed by atoms with Crippen molar-refractivity contribution in [1.29, 1.82) is 0 Å². The smallest absolute Gasteiger partial charge is 0.238 e. The molecule has 1 aliphatic heterocycles. The summed E-state index contributed by atoms with van der Waals surface area (Å²) in [6.45, 7) is 6.13. The lowest BCUT2D eigenvalue weighted by atomic mass is 9.96. The number of carbonyl (C=O) groups excluding carboxylic acids is 1. The average Bonchev–Trinajstić information content (AvgIpc) is 3.20. The second kappa shape index (κ2) is 8.57. The fourth-order valence-corrected chi connectivity index (χ4v) is 3.78. The van der Waals surface area contributed by atoms with Crippen molar-refractivity contribution in [2.75, 3.05) is 25.0 Å². The zero-order chi connectivity index (χ0) is 20.2. The van der Waals surface area contributed by atoms with Gasteiger partial charge in [-0.25, -0.2) is 0 Å². The van der Waals surface area contributed by atoms with E-state index in [2.05, 4.69) is 20.4 Å². The van der Waals surface area contributed by atoms with Crippen LogP contribution in [0.3, 0.4) is 0 Å². The monoisotopic (exact) mass is 390 g/mol. The summed E-state index contributed by atoms with van der Waals surface area (Å²) in [7, 11) is 0. The summed E-state index contributed by atoms with van der Waals surface area (Å²) >= 11 is 0. The Morgan fingerprint density at radius 2 is 1.76 bits per heavy atom. The minimum atomic E-state index is 0.0254. The first-order valence-corrected chi connectivity index (χ1v) is 10.1. The number of likely N-dealkylation sites (tertiary alicyclic amines) is 1. The molecular formula is C23H26N4O2. The second-order valence-corrected chi connectivity index (χ2v) is 7.68. The predicted octanol–water partition coefficient (Wildman–Crippen LogP) is 4.17. The summed E-state index contributed by atoms with van der Waals surface area (Å²) in [4.78, 5) is 19.2. The van der Waals surface area contributed by atoms with Crippen LogP contribution in [0.4, 0.5) is 5.69 Å².